The predicted octanol–water partition coefficient (Wildman–Crippen LogP) is 2.65. The van der Waals surface area contributed by atoms with Crippen LogP contribution in [0.1, 0.15) is 75.4 Å². The van der Waals surface area contributed by atoms with Crippen molar-refractivity contribution in [3.05, 3.63) is 11.7 Å². The van der Waals surface area contributed by atoms with Gasteiger partial charge in [0.15, 0.2) is 5.82 Å². The van der Waals surface area contributed by atoms with Crippen LogP contribution in [-0.2, 0) is 11.2 Å². The summed E-state index contributed by atoms with van der Waals surface area (Å²) in [5, 5.41) is 7.03. The zero-order chi connectivity index (χ0) is 16.8. The number of piperidine rings is 1. The zero-order valence-corrected chi connectivity index (χ0v) is 14.8. The Kier molecular flexibility index (Phi) is 6.24. The van der Waals surface area contributed by atoms with Crippen molar-refractivity contribution in [2.45, 2.75) is 76.2 Å². The minimum Gasteiger partial charge on any atom is -0.356 e. The molecule has 1 saturated carbocycles. The Hall–Kier alpha value is -1.43. The molecule has 0 radical (unpaired) electrons. The Morgan fingerprint density at radius 3 is 2.83 bits per heavy atom. The third kappa shape index (κ3) is 4.79. The number of likely N-dealkylation sites (tertiary alicyclic amines) is 1. The van der Waals surface area contributed by atoms with Crippen LogP contribution < -0.4 is 5.32 Å². The summed E-state index contributed by atoms with van der Waals surface area (Å²) in [7, 11) is 2.17. The first-order chi connectivity index (χ1) is 11.7. The lowest BCUT2D eigenvalue weighted by molar-refractivity contribution is -0.121. The van der Waals surface area contributed by atoms with E-state index in [1.807, 2.05) is 0 Å². The van der Waals surface area contributed by atoms with Crippen LogP contribution in [0.5, 0.6) is 0 Å². The SMILES string of the molecule is CN1CCCC[C@@H]1CCC(=O)NCCc1noc(C2CCCC2)n1. The van der Waals surface area contributed by atoms with Gasteiger partial charge in [0, 0.05) is 31.3 Å². The van der Waals surface area contributed by atoms with Crippen molar-refractivity contribution in [3.8, 4) is 0 Å². The maximum absolute atomic E-state index is 12.0. The molecule has 2 fully saturated rings. The summed E-state index contributed by atoms with van der Waals surface area (Å²) in [6.45, 7) is 1.75. The van der Waals surface area contributed by atoms with Crippen LogP contribution in [0.2, 0.25) is 0 Å². The van der Waals surface area contributed by atoms with Gasteiger partial charge in [0.2, 0.25) is 11.8 Å². The van der Waals surface area contributed by atoms with Gasteiger partial charge < -0.3 is 14.7 Å². The van der Waals surface area contributed by atoms with Crippen LogP contribution in [0.4, 0.5) is 0 Å². The van der Waals surface area contributed by atoms with Crippen molar-refractivity contribution in [3.63, 3.8) is 0 Å². The van der Waals surface area contributed by atoms with Gasteiger partial charge in [0.05, 0.1) is 0 Å². The van der Waals surface area contributed by atoms with E-state index in [0.29, 0.717) is 37.2 Å². The lowest BCUT2D eigenvalue weighted by Crippen LogP contribution is -2.37. The van der Waals surface area contributed by atoms with Crippen molar-refractivity contribution >= 4 is 5.91 Å². The minimum atomic E-state index is 0.133. The summed E-state index contributed by atoms with van der Waals surface area (Å²) in [4.78, 5) is 18.9. The molecule has 134 valence electrons. The molecule has 1 aromatic rings. The fourth-order valence-corrected chi connectivity index (χ4v) is 3.92. The monoisotopic (exact) mass is 334 g/mol. The van der Waals surface area contributed by atoms with Crippen molar-refractivity contribution in [1.82, 2.24) is 20.4 Å². The molecule has 6 heteroatoms. The molecular formula is C18H30N4O2. The highest BCUT2D eigenvalue weighted by Crippen LogP contribution is 2.32. The quantitative estimate of drug-likeness (QED) is 0.830. The summed E-state index contributed by atoms with van der Waals surface area (Å²) >= 11 is 0. The van der Waals surface area contributed by atoms with Gasteiger partial charge in [-0.25, -0.2) is 0 Å². The summed E-state index contributed by atoms with van der Waals surface area (Å²) in [6, 6.07) is 0.565. The minimum absolute atomic E-state index is 0.133. The average molecular weight is 334 g/mol. The second-order valence-electron chi connectivity index (χ2n) is 7.30. The van der Waals surface area contributed by atoms with Crippen LogP contribution in [-0.4, -0.2) is 47.1 Å². The molecule has 2 aliphatic rings. The lowest BCUT2D eigenvalue weighted by atomic mass is 9.98. The third-order valence-electron chi connectivity index (χ3n) is 5.49. The fourth-order valence-electron chi connectivity index (χ4n) is 3.92. The van der Waals surface area contributed by atoms with E-state index in [2.05, 4.69) is 27.4 Å². The van der Waals surface area contributed by atoms with E-state index in [1.54, 1.807) is 0 Å². The number of rotatable bonds is 7. The summed E-state index contributed by atoms with van der Waals surface area (Å²) in [6.07, 6.45) is 10.8. The van der Waals surface area contributed by atoms with Crippen molar-refractivity contribution < 1.29 is 9.32 Å². The Labute approximate surface area is 144 Å². The van der Waals surface area contributed by atoms with Crippen molar-refractivity contribution in [2.24, 2.45) is 0 Å². The summed E-state index contributed by atoms with van der Waals surface area (Å²) in [5.41, 5.74) is 0. The molecule has 0 spiro atoms. The highest BCUT2D eigenvalue weighted by molar-refractivity contribution is 5.75. The molecule has 0 bridgehead atoms. The molecule has 1 saturated heterocycles. The molecule has 24 heavy (non-hydrogen) atoms. The normalized spacial score (nSPS) is 22.8. The lowest BCUT2D eigenvalue weighted by Gasteiger charge is -2.32. The topological polar surface area (TPSA) is 71.3 Å². The predicted molar refractivity (Wildman–Crippen MR) is 91.7 cm³/mol. The summed E-state index contributed by atoms with van der Waals surface area (Å²) in [5.74, 6) is 2.08. The van der Waals surface area contributed by atoms with E-state index in [-0.39, 0.29) is 5.91 Å². The van der Waals surface area contributed by atoms with Crippen molar-refractivity contribution in [2.75, 3.05) is 20.1 Å². The Morgan fingerprint density at radius 1 is 1.25 bits per heavy atom. The van der Waals surface area contributed by atoms with E-state index in [4.69, 9.17) is 4.52 Å². The molecule has 3 rings (SSSR count). The second-order valence-corrected chi connectivity index (χ2v) is 7.30. The van der Waals surface area contributed by atoms with Crippen LogP contribution >= 0.6 is 0 Å². The molecule has 6 nitrogen and oxygen atoms in total. The first-order valence-corrected chi connectivity index (χ1v) is 9.52. The van der Waals surface area contributed by atoms with Crippen LogP contribution in [0.25, 0.3) is 0 Å². The molecule has 1 aliphatic carbocycles. The molecule has 1 amide bonds. The first-order valence-electron chi connectivity index (χ1n) is 9.52. The number of hydrogen-bond donors (Lipinski definition) is 1. The Morgan fingerprint density at radius 2 is 2.04 bits per heavy atom. The molecule has 1 atom stereocenters. The fraction of sp³-hybridized carbons (Fsp3) is 0.833. The van der Waals surface area contributed by atoms with Crippen LogP contribution in [0.15, 0.2) is 4.52 Å². The maximum Gasteiger partial charge on any atom is 0.229 e. The number of aromatic nitrogens is 2. The van der Waals surface area contributed by atoms with E-state index in [9.17, 15) is 4.79 Å². The molecule has 0 aromatic carbocycles. The van der Waals surface area contributed by atoms with Gasteiger partial charge in [-0.2, -0.15) is 4.98 Å². The third-order valence-corrected chi connectivity index (χ3v) is 5.49. The van der Waals surface area contributed by atoms with E-state index in [1.165, 1.54) is 32.1 Å². The van der Waals surface area contributed by atoms with Gasteiger partial charge in [-0.3, -0.25) is 4.79 Å². The molecule has 1 aromatic heterocycles. The van der Waals surface area contributed by atoms with Gasteiger partial charge in [-0.1, -0.05) is 24.4 Å². The highest BCUT2D eigenvalue weighted by Gasteiger charge is 2.23. The smallest absolute Gasteiger partial charge is 0.229 e. The van der Waals surface area contributed by atoms with Crippen LogP contribution in [0, 0.1) is 0 Å². The maximum atomic E-state index is 12.0. The number of nitrogens with one attached hydrogen (secondary N) is 1. The zero-order valence-electron chi connectivity index (χ0n) is 14.8. The highest BCUT2D eigenvalue weighted by atomic mass is 16.5. The van der Waals surface area contributed by atoms with Gasteiger partial charge in [-0.05, 0) is 45.7 Å². The molecule has 1 N–H and O–H groups in total. The Bertz CT molecular complexity index is 525. The number of hydrogen-bond acceptors (Lipinski definition) is 5. The van der Waals surface area contributed by atoms with Gasteiger partial charge in [-0.15, -0.1) is 0 Å². The average Bonchev–Trinajstić information content (AvgIpc) is 3.25. The second kappa shape index (κ2) is 8.60. The van der Waals surface area contributed by atoms with E-state index >= 15 is 0 Å². The van der Waals surface area contributed by atoms with Crippen molar-refractivity contribution in [1.29, 1.82) is 0 Å². The van der Waals surface area contributed by atoms with Gasteiger partial charge in [0.25, 0.3) is 0 Å². The molecular weight excluding hydrogens is 304 g/mol. The largest absolute Gasteiger partial charge is 0.356 e. The van der Waals surface area contributed by atoms with Gasteiger partial charge in [0.1, 0.15) is 0 Å². The van der Waals surface area contributed by atoms with Crippen LogP contribution in [0.3, 0.4) is 0 Å². The molecule has 1 aliphatic heterocycles. The number of amides is 1. The molecule has 0 unspecified atom stereocenters. The number of nitrogens with zero attached hydrogens (tertiary/aromatic N) is 3. The van der Waals surface area contributed by atoms with E-state index in [0.717, 1.165) is 31.7 Å². The standard InChI is InChI=1S/C18H30N4O2/c1-22-13-5-4-8-15(22)9-10-17(23)19-12-11-16-20-18(24-21-16)14-6-2-3-7-14/h14-15H,2-13H2,1H3,(H,19,23)/t15-/m1/s1. The van der Waals surface area contributed by atoms with Gasteiger partial charge >= 0.3 is 0 Å². The first kappa shape index (κ1) is 17.4. The number of carbonyl (C=O) groups is 1. The Balaban J connectivity index is 1.33. The number of carbonyl (C=O) groups excluding carboxylic acids is 1. The molecule has 2 heterocycles. The summed E-state index contributed by atoms with van der Waals surface area (Å²) < 4.78 is 5.37. The van der Waals surface area contributed by atoms with E-state index < -0.39 is 0 Å².